The van der Waals surface area contributed by atoms with Crippen LogP contribution in [0.2, 0.25) is 0 Å². The minimum absolute atomic E-state index is 0.106. The van der Waals surface area contributed by atoms with E-state index in [9.17, 15) is 22.4 Å². The maximum Gasteiger partial charge on any atom is 0.255 e. The number of sulfone groups is 1. The van der Waals surface area contributed by atoms with Crippen LogP contribution in [0.25, 0.3) is 32.9 Å². The third kappa shape index (κ3) is 4.11. The zero-order chi connectivity index (χ0) is 25.8. The van der Waals surface area contributed by atoms with Gasteiger partial charge in [0.1, 0.15) is 17.4 Å². The lowest BCUT2D eigenvalue weighted by Gasteiger charge is -2.13. The fourth-order valence-corrected chi connectivity index (χ4v) is 5.05. The number of carbonyl (C=O) groups excluding carboxylic acids is 1. The maximum absolute atomic E-state index is 15.1. The zero-order valence-electron chi connectivity index (χ0n) is 19.2. The summed E-state index contributed by atoms with van der Waals surface area (Å²) in [6.45, 7) is 1.32. The number of aryl methyl sites for hydroxylation is 1. The van der Waals surface area contributed by atoms with Gasteiger partial charge < -0.3 is 9.55 Å². The van der Waals surface area contributed by atoms with Gasteiger partial charge in [0.05, 0.1) is 29.5 Å². The number of nitrogens with one attached hydrogen (secondary N) is 2. The predicted octanol–water partition coefficient (Wildman–Crippen LogP) is 3.74. The number of H-pyrrole nitrogens is 2. The van der Waals surface area contributed by atoms with Crippen LogP contribution < -0.4 is 5.56 Å². The molecule has 0 aliphatic carbocycles. The molecule has 8 nitrogen and oxygen atoms in total. The van der Waals surface area contributed by atoms with E-state index in [1.165, 1.54) is 48.1 Å². The van der Waals surface area contributed by atoms with E-state index in [1.54, 1.807) is 12.1 Å². The molecule has 0 spiro atoms. The third-order valence-electron chi connectivity index (χ3n) is 6.02. The first-order valence-corrected chi connectivity index (χ1v) is 12.9. The number of hydrogen-bond donors (Lipinski definition) is 2. The van der Waals surface area contributed by atoms with Gasteiger partial charge in [0, 0.05) is 39.9 Å². The molecule has 0 saturated heterocycles. The van der Waals surface area contributed by atoms with Crippen LogP contribution in [0.3, 0.4) is 0 Å². The molecule has 0 aliphatic heterocycles. The average molecular weight is 511 g/mol. The fourth-order valence-electron chi connectivity index (χ4n) is 4.43. The smallest absolute Gasteiger partial charge is 0.255 e. The van der Waals surface area contributed by atoms with Crippen molar-refractivity contribution < 1.29 is 22.0 Å². The lowest BCUT2D eigenvalue weighted by molar-refractivity contribution is 0.101. The van der Waals surface area contributed by atoms with Crippen LogP contribution in [0.5, 0.6) is 0 Å². The molecule has 2 N–H and O–H groups in total. The first kappa shape index (κ1) is 23.6. The lowest BCUT2D eigenvalue weighted by Crippen LogP contribution is -2.20. The molecule has 0 saturated carbocycles. The number of aromatic amines is 2. The highest BCUT2D eigenvalue weighted by atomic mass is 32.2. The van der Waals surface area contributed by atoms with Crippen molar-refractivity contribution in [3.63, 3.8) is 0 Å². The van der Waals surface area contributed by atoms with Gasteiger partial charge in [-0.05, 0) is 48.9 Å². The molecular formula is C25H20F2N4O4S. The second-order valence-electron chi connectivity index (χ2n) is 8.74. The van der Waals surface area contributed by atoms with Crippen molar-refractivity contribution in [2.24, 2.45) is 0 Å². The van der Waals surface area contributed by atoms with Gasteiger partial charge in [-0.1, -0.05) is 0 Å². The van der Waals surface area contributed by atoms with E-state index in [2.05, 4.69) is 15.2 Å². The highest BCUT2D eigenvalue weighted by molar-refractivity contribution is 7.91. The topological polar surface area (TPSA) is 118 Å². The van der Waals surface area contributed by atoms with E-state index in [1.807, 2.05) is 0 Å². The van der Waals surface area contributed by atoms with Gasteiger partial charge in [-0.15, -0.1) is 0 Å². The summed E-state index contributed by atoms with van der Waals surface area (Å²) in [5.41, 5.74) is 0.759. The zero-order valence-corrected chi connectivity index (χ0v) is 20.0. The number of nitrogens with zero attached hydrogens (tertiary/aromatic N) is 2. The maximum atomic E-state index is 15.1. The number of pyridine rings is 1. The fraction of sp³-hybridized carbons (Fsp3) is 0.160. The standard InChI is InChI=1S/C25H20F2N4O4S/c1-13-6-17-21(9-18(13)26)31(11-15-7-14-10-29-30-20(14)8-19(15)27)24(22(32)12-36(2,34)35)23(17)16-4-3-5-28-25(16)33/h3-10H,11-12H2,1-2H3,(H,28,33)(H,29,30). The number of carbonyl (C=O) groups is 1. The van der Waals surface area contributed by atoms with Crippen LogP contribution in [0.15, 0.2) is 53.6 Å². The van der Waals surface area contributed by atoms with Crippen LogP contribution >= 0.6 is 0 Å². The number of ketones is 1. The van der Waals surface area contributed by atoms with E-state index in [-0.39, 0.29) is 40.0 Å². The van der Waals surface area contributed by atoms with Crippen LogP contribution in [0.4, 0.5) is 8.78 Å². The minimum Gasteiger partial charge on any atom is -0.333 e. The van der Waals surface area contributed by atoms with Crippen molar-refractivity contribution in [3.05, 3.63) is 87.6 Å². The Bertz CT molecular complexity index is 1850. The SMILES string of the molecule is Cc1cc2c(-c3ccc[nH]c3=O)c(C(=O)CS(C)(=O)=O)n(Cc3cc4cn[nH]c4cc3F)c2cc1F. The number of benzene rings is 2. The molecule has 2 aromatic carbocycles. The summed E-state index contributed by atoms with van der Waals surface area (Å²) in [4.78, 5) is 28.8. The molecule has 0 unspecified atom stereocenters. The molecule has 0 atom stereocenters. The highest BCUT2D eigenvalue weighted by Gasteiger charge is 2.28. The summed E-state index contributed by atoms with van der Waals surface area (Å²) in [5, 5.41) is 7.56. The van der Waals surface area contributed by atoms with E-state index in [0.717, 1.165) is 6.26 Å². The molecule has 0 amide bonds. The van der Waals surface area contributed by atoms with Crippen molar-refractivity contribution >= 4 is 37.4 Å². The number of hydrogen-bond acceptors (Lipinski definition) is 5. The Morgan fingerprint density at radius 2 is 1.92 bits per heavy atom. The molecule has 184 valence electrons. The molecule has 3 aromatic heterocycles. The molecule has 5 aromatic rings. The molecule has 5 rings (SSSR count). The van der Waals surface area contributed by atoms with E-state index >= 15 is 4.39 Å². The molecule has 0 fully saturated rings. The second kappa shape index (κ2) is 8.52. The van der Waals surface area contributed by atoms with Crippen LogP contribution in [-0.2, 0) is 16.4 Å². The first-order valence-electron chi connectivity index (χ1n) is 10.9. The van der Waals surface area contributed by atoms with Gasteiger partial charge in [0.15, 0.2) is 15.6 Å². The molecule has 0 bridgehead atoms. The van der Waals surface area contributed by atoms with Gasteiger partial charge in [-0.25, -0.2) is 17.2 Å². The van der Waals surface area contributed by atoms with E-state index < -0.39 is 38.6 Å². The molecule has 11 heteroatoms. The Morgan fingerprint density at radius 3 is 2.64 bits per heavy atom. The number of Topliss-reactive ketones (excluding diaryl/α,β-unsaturated/α-hetero) is 1. The summed E-state index contributed by atoms with van der Waals surface area (Å²) in [7, 11) is -3.76. The number of fused-ring (bicyclic) bond motifs is 2. The Balaban J connectivity index is 1.87. The monoisotopic (exact) mass is 510 g/mol. The van der Waals surface area contributed by atoms with Gasteiger partial charge in [-0.2, -0.15) is 5.10 Å². The predicted molar refractivity (Wildman–Crippen MR) is 132 cm³/mol. The third-order valence-corrected chi connectivity index (χ3v) is 6.81. The minimum atomic E-state index is -3.76. The molecule has 0 aliphatic rings. The van der Waals surface area contributed by atoms with Crippen molar-refractivity contribution in [1.29, 1.82) is 0 Å². The quantitative estimate of drug-likeness (QED) is 0.338. The number of aromatic nitrogens is 4. The summed E-state index contributed by atoms with van der Waals surface area (Å²) >= 11 is 0. The average Bonchev–Trinajstić information content (AvgIpc) is 3.36. The molecular weight excluding hydrogens is 490 g/mol. The van der Waals surface area contributed by atoms with Crippen LogP contribution in [0, 0.1) is 18.6 Å². The van der Waals surface area contributed by atoms with Gasteiger partial charge in [-0.3, -0.25) is 14.7 Å². The van der Waals surface area contributed by atoms with Crippen molar-refractivity contribution in [2.45, 2.75) is 13.5 Å². The normalized spacial score (nSPS) is 12.0. The van der Waals surface area contributed by atoms with Crippen LogP contribution in [0.1, 0.15) is 21.6 Å². The Hall–Kier alpha value is -4.12. The number of rotatable bonds is 6. The van der Waals surface area contributed by atoms with Crippen molar-refractivity contribution in [3.8, 4) is 11.1 Å². The Labute approximate surface area is 203 Å². The van der Waals surface area contributed by atoms with Gasteiger partial charge in [0.2, 0.25) is 0 Å². The highest BCUT2D eigenvalue weighted by Crippen LogP contribution is 2.36. The Kier molecular flexibility index (Phi) is 5.59. The van der Waals surface area contributed by atoms with E-state index in [0.29, 0.717) is 16.3 Å². The summed E-state index contributed by atoms with van der Waals surface area (Å²) in [6, 6.07) is 8.56. The van der Waals surface area contributed by atoms with Crippen molar-refractivity contribution in [1.82, 2.24) is 19.7 Å². The van der Waals surface area contributed by atoms with Gasteiger partial charge in [0.25, 0.3) is 5.56 Å². The number of halogens is 2. The summed E-state index contributed by atoms with van der Waals surface area (Å²) in [5.74, 6) is -2.80. The van der Waals surface area contributed by atoms with Crippen LogP contribution in [-0.4, -0.2) is 46.0 Å². The summed E-state index contributed by atoms with van der Waals surface area (Å²) < 4.78 is 55.3. The first-order chi connectivity index (χ1) is 17.0. The van der Waals surface area contributed by atoms with E-state index in [4.69, 9.17) is 0 Å². The molecule has 3 heterocycles. The lowest BCUT2D eigenvalue weighted by atomic mass is 10.0. The van der Waals surface area contributed by atoms with Gasteiger partial charge >= 0.3 is 0 Å². The molecule has 0 radical (unpaired) electrons. The van der Waals surface area contributed by atoms with Crippen molar-refractivity contribution in [2.75, 3.05) is 12.0 Å². The second-order valence-corrected chi connectivity index (χ2v) is 10.9. The largest absolute Gasteiger partial charge is 0.333 e. The molecule has 36 heavy (non-hydrogen) atoms. The summed E-state index contributed by atoms with van der Waals surface area (Å²) in [6.07, 6.45) is 3.85. The Morgan fingerprint density at radius 1 is 1.14 bits per heavy atom.